The second kappa shape index (κ2) is 5.59. The quantitative estimate of drug-likeness (QED) is 0.467. The third kappa shape index (κ3) is 2.57. The molecule has 0 radical (unpaired) electrons. The topological polar surface area (TPSA) is 74.1 Å². The Kier molecular flexibility index (Phi) is 3.62. The lowest BCUT2D eigenvalue weighted by Gasteiger charge is -2.09. The summed E-state index contributed by atoms with van der Waals surface area (Å²) in [5.41, 5.74) is 1.15. The Hall–Kier alpha value is -2.70. The summed E-state index contributed by atoms with van der Waals surface area (Å²) in [5.74, 6) is 0.209. The Morgan fingerprint density at radius 3 is 2.73 bits per heavy atom. The van der Waals surface area contributed by atoms with E-state index in [0.29, 0.717) is 18.0 Å². The fraction of sp³-hybridized carbons (Fsp3) is 0.333. The molecule has 3 rings (SSSR count). The molecule has 2 heterocycles. The number of rotatable bonds is 4. The largest absolute Gasteiger partial charge is 0.466 e. The molecule has 0 N–H and O–H groups in total. The van der Waals surface area contributed by atoms with Gasteiger partial charge in [-0.3, -0.25) is 0 Å². The highest BCUT2D eigenvalue weighted by molar-refractivity contribution is 5.96. The first-order valence-electron chi connectivity index (χ1n) is 6.68. The van der Waals surface area contributed by atoms with Gasteiger partial charge in [0.25, 0.3) is 0 Å². The van der Waals surface area contributed by atoms with Gasteiger partial charge in [0.15, 0.2) is 11.5 Å². The summed E-state index contributed by atoms with van der Waals surface area (Å²) in [6.45, 7) is 0.820. The minimum absolute atomic E-state index is 0.00972. The first kappa shape index (κ1) is 14.2. The van der Waals surface area contributed by atoms with E-state index in [2.05, 4.69) is 4.74 Å². The van der Waals surface area contributed by atoms with Gasteiger partial charge in [0.1, 0.15) is 5.70 Å². The summed E-state index contributed by atoms with van der Waals surface area (Å²) in [6.07, 6.45) is 1.14. The number of benzene rings is 1. The highest BCUT2D eigenvalue weighted by Crippen LogP contribution is 2.42. The number of hydrogen-bond acceptors (Lipinski definition) is 7. The van der Waals surface area contributed by atoms with Crippen molar-refractivity contribution in [2.75, 3.05) is 27.6 Å². The minimum atomic E-state index is -0.600. The SMILES string of the molecule is COC(=O)/C=C(\C(=O)OC)N1CC1c1ccc2c(c1)OCO2. The van der Waals surface area contributed by atoms with Crippen LogP contribution in [0.1, 0.15) is 11.6 Å². The van der Waals surface area contributed by atoms with Crippen molar-refractivity contribution in [2.24, 2.45) is 0 Å². The van der Waals surface area contributed by atoms with Crippen LogP contribution in [0.2, 0.25) is 0 Å². The molecule has 0 bridgehead atoms. The highest BCUT2D eigenvalue weighted by atomic mass is 16.7. The Morgan fingerprint density at radius 2 is 2.00 bits per heavy atom. The van der Waals surface area contributed by atoms with Crippen molar-refractivity contribution in [1.82, 2.24) is 4.90 Å². The predicted molar refractivity (Wildman–Crippen MR) is 74.1 cm³/mol. The lowest BCUT2D eigenvalue weighted by molar-refractivity contribution is -0.139. The van der Waals surface area contributed by atoms with Crippen molar-refractivity contribution in [3.05, 3.63) is 35.5 Å². The highest BCUT2D eigenvalue weighted by Gasteiger charge is 2.41. The number of nitrogens with zero attached hydrogens (tertiary/aromatic N) is 1. The van der Waals surface area contributed by atoms with Crippen molar-refractivity contribution in [3.63, 3.8) is 0 Å². The van der Waals surface area contributed by atoms with Crippen LogP contribution in [0.25, 0.3) is 0 Å². The molecule has 7 heteroatoms. The van der Waals surface area contributed by atoms with E-state index < -0.39 is 11.9 Å². The van der Waals surface area contributed by atoms with Gasteiger partial charge >= 0.3 is 11.9 Å². The van der Waals surface area contributed by atoms with Crippen LogP contribution in [0.3, 0.4) is 0 Å². The van der Waals surface area contributed by atoms with Crippen LogP contribution in [0.5, 0.6) is 11.5 Å². The summed E-state index contributed by atoms with van der Waals surface area (Å²) in [6, 6.07) is 5.60. The normalized spacial score (nSPS) is 18.9. The number of fused-ring (bicyclic) bond motifs is 1. The van der Waals surface area contributed by atoms with Gasteiger partial charge in [-0.2, -0.15) is 0 Å². The van der Waals surface area contributed by atoms with Crippen molar-refractivity contribution < 1.29 is 28.5 Å². The van der Waals surface area contributed by atoms with Crippen molar-refractivity contribution in [2.45, 2.75) is 6.04 Å². The van der Waals surface area contributed by atoms with E-state index in [9.17, 15) is 9.59 Å². The van der Waals surface area contributed by atoms with Gasteiger partial charge in [0.2, 0.25) is 6.79 Å². The molecule has 1 aromatic carbocycles. The van der Waals surface area contributed by atoms with Crippen molar-refractivity contribution in [3.8, 4) is 11.5 Å². The lowest BCUT2D eigenvalue weighted by atomic mass is 10.1. The van der Waals surface area contributed by atoms with E-state index in [1.54, 1.807) is 4.90 Å². The third-order valence-electron chi connectivity index (χ3n) is 3.55. The van der Waals surface area contributed by atoms with Crippen molar-refractivity contribution in [1.29, 1.82) is 0 Å². The number of carbonyl (C=O) groups is 2. The molecule has 22 heavy (non-hydrogen) atoms. The third-order valence-corrected chi connectivity index (χ3v) is 3.55. The fourth-order valence-corrected chi connectivity index (χ4v) is 2.35. The van der Waals surface area contributed by atoms with Crippen LogP contribution in [0, 0.1) is 0 Å². The Balaban J connectivity index is 1.80. The molecule has 7 nitrogen and oxygen atoms in total. The zero-order valence-electron chi connectivity index (χ0n) is 12.2. The first-order valence-corrected chi connectivity index (χ1v) is 6.68. The van der Waals surface area contributed by atoms with Gasteiger partial charge < -0.3 is 23.8 Å². The molecule has 1 atom stereocenters. The summed E-state index contributed by atoms with van der Waals surface area (Å²) in [4.78, 5) is 25.0. The number of ether oxygens (including phenoxy) is 4. The fourth-order valence-electron chi connectivity index (χ4n) is 2.35. The average molecular weight is 305 g/mol. The smallest absolute Gasteiger partial charge is 0.354 e. The molecule has 0 aromatic heterocycles. The van der Waals surface area contributed by atoms with E-state index in [0.717, 1.165) is 11.6 Å². The molecule has 0 spiro atoms. The van der Waals surface area contributed by atoms with E-state index in [1.165, 1.54) is 14.2 Å². The van der Waals surface area contributed by atoms with Gasteiger partial charge in [0.05, 0.1) is 26.3 Å². The summed E-state index contributed by atoms with van der Waals surface area (Å²) in [5, 5.41) is 0. The van der Waals surface area contributed by atoms with Gasteiger partial charge in [-0.25, -0.2) is 9.59 Å². The van der Waals surface area contributed by atoms with Gasteiger partial charge in [0, 0.05) is 6.54 Å². The van der Waals surface area contributed by atoms with Crippen LogP contribution in [-0.4, -0.2) is 44.4 Å². The molecule has 1 unspecified atom stereocenters. The summed E-state index contributed by atoms with van der Waals surface area (Å²) in [7, 11) is 2.53. The molecule has 1 saturated heterocycles. The summed E-state index contributed by atoms with van der Waals surface area (Å²) >= 11 is 0. The minimum Gasteiger partial charge on any atom is -0.466 e. The van der Waals surface area contributed by atoms with E-state index in [-0.39, 0.29) is 18.5 Å². The predicted octanol–water partition coefficient (Wildman–Crippen LogP) is 1.00. The standard InChI is InChI=1S/C15H15NO6/c1-19-14(17)6-10(15(18)20-2)16-7-11(16)9-3-4-12-13(5-9)22-8-21-12/h3-6,11H,7-8H2,1-2H3/b10-6+. The number of methoxy groups -OCH3 is 2. The molecule has 2 aliphatic heterocycles. The number of hydrogen-bond donors (Lipinski definition) is 0. The number of esters is 2. The van der Waals surface area contributed by atoms with Gasteiger partial charge in [-0.15, -0.1) is 0 Å². The maximum absolute atomic E-state index is 11.8. The van der Waals surface area contributed by atoms with Gasteiger partial charge in [-0.1, -0.05) is 6.07 Å². The zero-order chi connectivity index (χ0) is 15.7. The van der Waals surface area contributed by atoms with Crippen LogP contribution in [0.15, 0.2) is 30.0 Å². The molecule has 1 fully saturated rings. The van der Waals surface area contributed by atoms with Crippen LogP contribution < -0.4 is 9.47 Å². The van der Waals surface area contributed by atoms with Gasteiger partial charge in [-0.05, 0) is 17.7 Å². The summed E-state index contributed by atoms with van der Waals surface area (Å²) < 4.78 is 19.9. The monoisotopic (exact) mass is 305 g/mol. The molecular formula is C15H15NO6. The molecule has 116 valence electrons. The van der Waals surface area contributed by atoms with E-state index in [1.807, 2.05) is 18.2 Å². The maximum Gasteiger partial charge on any atom is 0.354 e. The molecule has 1 aromatic rings. The second-order valence-corrected chi connectivity index (χ2v) is 4.83. The Bertz CT molecular complexity index is 653. The molecule has 2 aliphatic rings. The average Bonchev–Trinajstić information content (AvgIpc) is 3.19. The molecule has 0 saturated carbocycles. The van der Waals surface area contributed by atoms with Crippen LogP contribution in [-0.2, 0) is 19.1 Å². The van der Waals surface area contributed by atoms with E-state index in [4.69, 9.17) is 14.2 Å². The van der Waals surface area contributed by atoms with Crippen LogP contribution in [0.4, 0.5) is 0 Å². The van der Waals surface area contributed by atoms with Crippen LogP contribution >= 0.6 is 0 Å². The Labute approximate surface area is 127 Å². The molecule has 0 amide bonds. The number of carbonyl (C=O) groups excluding carboxylic acids is 2. The maximum atomic E-state index is 11.8. The van der Waals surface area contributed by atoms with Crippen molar-refractivity contribution >= 4 is 11.9 Å². The lowest BCUT2D eigenvalue weighted by Crippen LogP contribution is -2.15. The zero-order valence-corrected chi connectivity index (χ0v) is 12.2. The molecule has 0 aliphatic carbocycles. The second-order valence-electron chi connectivity index (χ2n) is 4.83. The Morgan fingerprint density at radius 1 is 1.23 bits per heavy atom. The molecular weight excluding hydrogens is 290 g/mol. The van der Waals surface area contributed by atoms with E-state index >= 15 is 0 Å². The first-order chi connectivity index (χ1) is 10.6.